The summed E-state index contributed by atoms with van der Waals surface area (Å²) in [6.07, 6.45) is 1.55. The fraction of sp³-hybridized carbons (Fsp3) is 0.0435. The van der Waals surface area contributed by atoms with E-state index in [1.165, 1.54) is 0 Å². The highest BCUT2D eigenvalue weighted by atomic mass is 16.2. The molecule has 3 aromatic carbocycles. The fourth-order valence-electron chi connectivity index (χ4n) is 3.47. The zero-order valence-corrected chi connectivity index (χ0v) is 14.6. The highest BCUT2D eigenvalue weighted by molar-refractivity contribution is 6.09. The minimum Gasteiger partial charge on any atom is -0.366 e. The second-order valence-corrected chi connectivity index (χ2v) is 6.39. The maximum atomic E-state index is 13.6. The summed E-state index contributed by atoms with van der Waals surface area (Å²) in [6.45, 7) is 0. The molecule has 1 heterocycles. The molecule has 4 aromatic rings. The van der Waals surface area contributed by atoms with E-state index >= 15 is 0 Å². The Morgan fingerprint density at radius 2 is 1.26 bits per heavy atom. The summed E-state index contributed by atoms with van der Waals surface area (Å²) < 4.78 is 1.54. The first-order valence-corrected chi connectivity index (χ1v) is 8.71. The minimum absolute atomic E-state index is 0.129. The van der Waals surface area contributed by atoms with Crippen LogP contribution < -0.4 is 5.73 Å². The van der Waals surface area contributed by atoms with Crippen LogP contribution in [-0.2, 0) is 0 Å². The molecular formula is C23H18N2O2. The summed E-state index contributed by atoms with van der Waals surface area (Å²) in [5.74, 6) is -1.16. The zero-order valence-electron chi connectivity index (χ0n) is 14.6. The molecule has 0 radical (unpaired) electrons. The minimum atomic E-state index is -0.547. The van der Waals surface area contributed by atoms with Gasteiger partial charge in [-0.2, -0.15) is 0 Å². The van der Waals surface area contributed by atoms with Crippen LogP contribution in [0.5, 0.6) is 0 Å². The number of hydrogen-bond acceptors (Lipinski definition) is 2. The monoisotopic (exact) mass is 354 g/mol. The summed E-state index contributed by atoms with van der Waals surface area (Å²) >= 11 is 0. The molecule has 0 aliphatic heterocycles. The van der Waals surface area contributed by atoms with E-state index in [9.17, 15) is 9.59 Å². The van der Waals surface area contributed by atoms with Gasteiger partial charge in [0.05, 0.1) is 17.0 Å². The van der Waals surface area contributed by atoms with Crippen LogP contribution in [0.25, 0.3) is 10.9 Å². The van der Waals surface area contributed by atoms with Crippen molar-refractivity contribution in [2.45, 2.75) is 5.92 Å². The third-order valence-corrected chi connectivity index (χ3v) is 4.73. The van der Waals surface area contributed by atoms with Crippen molar-refractivity contribution in [3.05, 3.63) is 108 Å². The van der Waals surface area contributed by atoms with Crippen LogP contribution in [0.4, 0.5) is 0 Å². The third kappa shape index (κ3) is 3.02. The molecule has 0 aliphatic carbocycles. The van der Waals surface area contributed by atoms with E-state index in [1.54, 1.807) is 16.8 Å². The lowest BCUT2D eigenvalue weighted by Crippen LogP contribution is -2.21. The quantitative estimate of drug-likeness (QED) is 0.596. The molecule has 0 aliphatic rings. The SMILES string of the molecule is NC(=O)c1cn(C(=O)C(c2ccccc2)c2ccccc2)c2ccccc12. The van der Waals surface area contributed by atoms with Crippen molar-refractivity contribution in [3.8, 4) is 0 Å². The predicted molar refractivity (Wildman–Crippen MR) is 106 cm³/mol. The predicted octanol–water partition coefficient (Wildman–Crippen LogP) is 4.21. The van der Waals surface area contributed by atoms with Gasteiger partial charge in [-0.3, -0.25) is 14.2 Å². The highest BCUT2D eigenvalue weighted by Gasteiger charge is 2.26. The van der Waals surface area contributed by atoms with Crippen LogP contribution in [0.2, 0.25) is 0 Å². The van der Waals surface area contributed by atoms with E-state index in [0.717, 1.165) is 11.1 Å². The van der Waals surface area contributed by atoms with E-state index in [-0.39, 0.29) is 5.91 Å². The Morgan fingerprint density at radius 1 is 0.741 bits per heavy atom. The van der Waals surface area contributed by atoms with Gasteiger partial charge in [-0.05, 0) is 17.2 Å². The molecule has 0 bridgehead atoms. The first-order valence-electron chi connectivity index (χ1n) is 8.71. The number of nitrogens with two attached hydrogens (primary N) is 1. The Balaban J connectivity index is 1.91. The summed E-state index contributed by atoms with van der Waals surface area (Å²) in [5.41, 5.74) is 8.34. The van der Waals surface area contributed by atoms with Gasteiger partial charge in [0, 0.05) is 11.6 Å². The molecule has 1 amide bonds. The normalized spacial score (nSPS) is 11.0. The van der Waals surface area contributed by atoms with Gasteiger partial charge in [-0.1, -0.05) is 78.9 Å². The number of rotatable bonds is 4. The molecule has 0 fully saturated rings. The lowest BCUT2D eigenvalue weighted by molar-refractivity contribution is 0.0898. The van der Waals surface area contributed by atoms with Crippen molar-refractivity contribution in [1.82, 2.24) is 4.57 Å². The summed E-state index contributed by atoms with van der Waals surface area (Å²) in [6, 6.07) is 26.6. The van der Waals surface area contributed by atoms with Crippen LogP contribution in [0.3, 0.4) is 0 Å². The average Bonchev–Trinajstić information content (AvgIpc) is 3.10. The van der Waals surface area contributed by atoms with Crippen LogP contribution in [0.15, 0.2) is 91.1 Å². The van der Waals surface area contributed by atoms with Gasteiger partial charge in [-0.25, -0.2) is 0 Å². The van der Waals surface area contributed by atoms with Crippen LogP contribution in [0, 0.1) is 0 Å². The lowest BCUT2D eigenvalue weighted by atomic mass is 9.90. The Bertz CT molecular complexity index is 1080. The lowest BCUT2D eigenvalue weighted by Gasteiger charge is -2.18. The second-order valence-electron chi connectivity index (χ2n) is 6.39. The van der Waals surface area contributed by atoms with Gasteiger partial charge in [0.1, 0.15) is 0 Å². The van der Waals surface area contributed by atoms with E-state index in [2.05, 4.69) is 0 Å². The first kappa shape index (κ1) is 16.8. The fourth-order valence-corrected chi connectivity index (χ4v) is 3.47. The van der Waals surface area contributed by atoms with Crippen molar-refractivity contribution < 1.29 is 9.59 Å². The number of aromatic nitrogens is 1. The van der Waals surface area contributed by atoms with Crippen molar-refractivity contribution >= 4 is 22.7 Å². The number of primary amides is 1. The maximum absolute atomic E-state index is 13.6. The molecule has 0 saturated heterocycles. The van der Waals surface area contributed by atoms with Gasteiger partial charge in [0.2, 0.25) is 5.91 Å². The number of nitrogens with zero attached hydrogens (tertiary/aromatic N) is 1. The van der Waals surface area contributed by atoms with E-state index in [0.29, 0.717) is 16.5 Å². The summed E-state index contributed by atoms with van der Waals surface area (Å²) in [5, 5.41) is 0.679. The molecular weight excluding hydrogens is 336 g/mol. The van der Waals surface area contributed by atoms with E-state index in [1.807, 2.05) is 78.9 Å². The Hall–Kier alpha value is -3.66. The second kappa shape index (κ2) is 6.92. The molecule has 27 heavy (non-hydrogen) atoms. The largest absolute Gasteiger partial charge is 0.366 e. The standard InChI is InChI=1S/C23H18N2O2/c24-22(26)19-15-25(20-14-8-7-13-18(19)20)23(27)21(16-9-3-1-4-10-16)17-11-5-2-6-12-17/h1-15,21H,(H2,24,26). The molecule has 4 nitrogen and oxygen atoms in total. The van der Waals surface area contributed by atoms with Crippen molar-refractivity contribution in [2.75, 3.05) is 0 Å². The van der Waals surface area contributed by atoms with Crippen LogP contribution in [0.1, 0.15) is 32.2 Å². The van der Waals surface area contributed by atoms with Gasteiger partial charge < -0.3 is 5.73 Å². The number of para-hydroxylation sites is 1. The Labute approximate surface area is 156 Å². The van der Waals surface area contributed by atoms with Gasteiger partial charge >= 0.3 is 0 Å². The molecule has 4 rings (SSSR count). The first-order chi connectivity index (χ1) is 13.2. The topological polar surface area (TPSA) is 65.1 Å². The van der Waals surface area contributed by atoms with Gasteiger partial charge in [0.25, 0.3) is 5.91 Å². The van der Waals surface area contributed by atoms with E-state index < -0.39 is 11.8 Å². The molecule has 2 N–H and O–H groups in total. The van der Waals surface area contributed by atoms with Crippen molar-refractivity contribution in [2.24, 2.45) is 5.73 Å². The van der Waals surface area contributed by atoms with E-state index in [4.69, 9.17) is 5.73 Å². The molecule has 4 heteroatoms. The molecule has 0 atom stereocenters. The highest BCUT2D eigenvalue weighted by Crippen LogP contribution is 2.29. The van der Waals surface area contributed by atoms with Gasteiger partial charge in [-0.15, -0.1) is 0 Å². The molecule has 0 spiro atoms. The number of carbonyl (C=O) groups is 2. The number of hydrogen-bond donors (Lipinski definition) is 1. The third-order valence-electron chi connectivity index (χ3n) is 4.73. The maximum Gasteiger partial charge on any atom is 0.250 e. The van der Waals surface area contributed by atoms with Crippen LogP contribution >= 0.6 is 0 Å². The van der Waals surface area contributed by atoms with Crippen molar-refractivity contribution in [3.63, 3.8) is 0 Å². The number of fused-ring (bicyclic) bond motifs is 1. The molecule has 132 valence electrons. The zero-order chi connectivity index (χ0) is 18.8. The molecule has 0 saturated carbocycles. The summed E-state index contributed by atoms with van der Waals surface area (Å²) in [4.78, 5) is 25.5. The van der Waals surface area contributed by atoms with Crippen molar-refractivity contribution in [1.29, 1.82) is 0 Å². The average molecular weight is 354 g/mol. The summed E-state index contributed by atoms with van der Waals surface area (Å²) in [7, 11) is 0. The van der Waals surface area contributed by atoms with Crippen LogP contribution in [-0.4, -0.2) is 16.4 Å². The Kier molecular flexibility index (Phi) is 4.30. The Morgan fingerprint density at radius 3 is 1.81 bits per heavy atom. The smallest absolute Gasteiger partial charge is 0.250 e. The number of benzene rings is 3. The van der Waals surface area contributed by atoms with Gasteiger partial charge in [0.15, 0.2) is 0 Å². The number of carbonyl (C=O) groups excluding carboxylic acids is 2. The molecule has 0 unspecified atom stereocenters. The number of amides is 1. The molecule has 1 aromatic heterocycles.